The molecule has 166 valence electrons. The van der Waals surface area contributed by atoms with E-state index in [2.05, 4.69) is 15.0 Å². The van der Waals surface area contributed by atoms with Gasteiger partial charge in [-0.25, -0.2) is 9.78 Å². The van der Waals surface area contributed by atoms with Crippen molar-refractivity contribution >= 4 is 46.5 Å². The minimum Gasteiger partial charge on any atom is -0.301 e. The quantitative estimate of drug-likeness (QED) is 0.410. The topological polar surface area (TPSA) is 93.1 Å². The lowest BCUT2D eigenvalue weighted by atomic mass is 10.1. The highest BCUT2D eigenvalue weighted by atomic mass is 35.5. The minimum absolute atomic E-state index is 0.163. The van der Waals surface area contributed by atoms with Crippen molar-refractivity contribution < 1.29 is 9.59 Å². The second-order valence-corrected chi connectivity index (χ2v) is 8.53. The zero-order chi connectivity index (χ0) is 23.4. The van der Waals surface area contributed by atoms with Gasteiger partial charge >= 0.3 is 6.03 Å². The van der Waals surface area contributed by atoms with Crippen LogP contribution in [0.3, 0.4) is 0 Å². The number of carbonyl (C=O) groups excluding carboxylic acids is 2. The van der Waals surface area contributed by atoms with E-state index in [0.717, 1.165) is 33.4 Å². The normalized spacial score (nSPS) is 10.7. The number of benzene rings is 3. The number of hydrogen-bond acceptors (Lipinski definition) is 5. The lowest BCUT2D eigenvalue weighted by Crippen LogP contribution is -2.36. The molecule has 1 aromatic heterocycles. The third-order valence-electron chi connectivity index (χ3n) is 4.86. The standard InChI is InChI=1S/C24H19ClN4O3S/c1-15-23(31)29(21-8-3-2-7-20(21)26-15)14-16-9-11-17(12-10-16)22(30)27-24(32)28-33-19-6-4-5-18(25)13-19/h2-13H,14H2,1H3,(H2,27,28,30,32). The van der Waals surface area contributed by atoms with E-state index in [1.807, 2.05) is 24.3 Å². The molecule has 0 aliphatic carbocycles. The summed E-state index contributed by atoms with van der Waals surface area (Å²) in [6.45, 7) is 2.02. The Kier molecular flexibility index (Phi) is 6.76. The zero-order valence-electron chi connectivity index (χ0n) is 17.5. The van der Waals surface area contributed by atoms with Crippen LogP contribution in [0.4, 0.5) is 4.79 Å². The number of imide groups is 1. The van der Waals surface area contributed by atoms with E-state index in [9.17, 15) is 14.4 Å². The molecule has 0 bridgehead atoms. The monoisotopic (exact) mass is 478 g/mol. The fourth-order valence-corrected chi connectivity index (χ4v) is 4.11. The van der Waals surface area contributed by atoms with Crippen LogP contribution >= 0.6 is 23.5 Å². The zero-order valence-corrected chi connectivity index (χ0v) is 19.1. The van der Waals surface area contributed by atoms with Crippen molar-refractivity contribution in [3.63, 3.8) is 0 Å². The molecule has 2 N–H and O–H groups in total. The molecule has 0 fully saturated rings. The molecule has 0 saturated heterocycles. The Morgan fingerprint density at radius 3 is 2.55 bits per heavy atom. The first kappa shape index (κ1) is 22.6. The first-order valence-electron chi connectivity index (χ1n) is 9.99. The Morgan fingerprint density at radius 2 is 1.79 bits per heavy atom. The molecule has 7 nitrogen and oxygen atoms in total. The number of aryl methyl sites for hydroxylation is 1. The van der Waals surface area contributed by atoms with E-state index in [-0.39, 0.29) is 5.56 Å². The first-order valence-corrected chi connectivity index (χ1v) is 11.2. The fourth-order valence-electron chi connectivity index (χ4n) is 3.26. The maximum absolute atomic E-state index is 12.6. The molecule has 0 radical (unpaired) electrons. The third-order valence-corrected chi connectivity index (χ3v) is 5.87. The number of amides is 3. The number of nitrogens with one attached hydrogen (secondary N) is 2. The highest BCUT2D eigenvalue weighted by molar-refractivity contribution is 7.98. The van der Waals surface area contributed by atoms with Gasteiger partial charge in [-0.2, -0.15) is 0 Å². The van der Waals surface area contributed by atoms with Crippen LogP contribution in [0.25, 0.3) is 11.0 Å². The van der Waals surface area contributed by atoms with Gasteiger partial charge in [0.05, 0.1) is 17.6 Å². The predicted molar refractivity (Wildman–Crippen MR) is 130 cm³/mol. The molecule has 1 heterocycles. The van der Waals surface area contributed by atoms with Gasteiger partial charge in [0.25, 0.3) is 11.5 Å². The number of fused-ring (bicyclic) bond motifs is 1. The van der Waals surface area contributed by atoms with Crippen LogP contribution in [-0.4, -0.2) is 21.5 Å². The maximum Gasteiger partial charge on any atom is 0.331 e. The second-order valence-electron chi connectivity index (χ2n) is 7.22. The van der Waals surface area contributed by atoms with Crippen LogP contribution in [0, 0.1) is 6.92 Å². The molecule has 0 unspecified atom stereocenters. The first-order chi connectivity index (χ1) is 15.9. The van der Waals surface area contributed by atoms with Gasteiger partial charge in [-0.15, -0.1) is 0 Å². The summed E-state index contributed by atoms with van der Waals surface area (Å²) >= 11 is 6.97. The molecule has 3 aromatic carbocycles. The Morgan fingerprint density at radius 1 is 1.03 bits per heavy atom. The summed E-state index contributed by atoms with van der Waals surface area (Å²) < 4.78 is 4.20. The van der Waals surface area contributed by atoms with Crippen LogP contribution in [0.1, 0.15) is 21.6 Å². The predicted octanol–water partition coefficient (Wildman–Crippen LogP) is 4.55. The number of rotatable bonds is 5. The van der Waals surface area contributed by atoms with Gasteiger partial charge in [-0.3, -0.25) is 19.6 Å². The van der Waals surface area contributed by atoms with E-state index in [1.165, 1.54) is 0 Å². The summed E-state index contributed by atoms with van der Waals surface area (Å²) in [5.41, 5.74) is 2.90. The Hall–Kier alpha value is -3.62. The van der Waals surface area contributed by atoms with E-state index >= 15 is 0 Å². The largest absolute Gasteiger partial charge is 0.331 e. The molecular formula is C24H19ClN4O3S. The number of para-hydroxylation sites is 2. The van der Waals surface area contributed by atoms with E-state index in [1.54, 1.807) is 60.0 Å². The summed E-state index contributed by atoms with van der Waals surface area (Å²) in [4.78, 5) is 42.2. The minimum atomic E-state index is -0.640. The summed E-state index contributed by atoms with van der Waals surface area (Å²) in [5, 5.41) is 2.84. The molecule has 9 heteroatoms. The smallest absolute Gasteiger partial charge is 0.301 e. The number of nitrogens with zero attached hydrogens (tertiary/aromatic N) is 2. The molecule has 0 aliphatic heterocycles. The molecular weight excluding hydrogens is 460 g/mol. The second kappa shape index (κ2) is 9.89. The van der Waals surface area contributed by atoms with Crippen molar-refractivity contribution in [1.82, 2.24) is 19.6 Å². The van der Waals surface area contributed by atoms with Crippen molar-refractivity contribution in [2.24, 2.45) is 0 Å². The highest BCUT2D eigenvalue weighted by Gasteiger charge is 2.12. The SMILES string of the molecule is Cc1nc2ccccc2n(Cc2ccc(C(=O)NC(=O)NSc3cccc(Cl)c3)cc2)c1=O. The number of halogens is 1. The van der Waals surface area contributed by atoms with Crippen molar-refractivity contribution in [2.45, 2.75) is 18.4 Å². The van der Waals surface area contributed by atoms with Gasteiger partial charge in [0, 0.05) is 15.5 Å². The van der Waals surface area contributed by atoms with Gasteiger partial charge < -0.3 is 4.57 Å². The van der Waals surface area contributed by atoms with E-state index in [4.69, 9.17) is 11.6 Å². The lowest BCUT2D eigenvalue weighted by molar-refractivity contribution is 0.0965. The average molecular weight is 479 g/mol. The van der Waals surface area contributed by atoms with Gasteiger partial charge in [0.1, 0.15) is 5.69 Å². The summed E-state index contributed by atoms with van der Waals surface area (Å²) in [6.07, 6.45) is 0. The molecule has 0 aliphatic rings. The van der Waals surface area contributed by atoms with Gasteiger partial charge in [0.2, 0.25) is 0 Å². The number of hydrogen-bond donors (Lipinski definition) is 2. The fraction of sp³-hybridized carbons (Fsp3) is 0.0833. The molecule has 0 saturated carbocycles. The van der Waals surface area contributed by atoms with Crippen LogP contribution in [0.15, 0.2) is 82.5 Å². The molecule has 0 spiro atoms. The maximum atomic E-state index is 12.6. The average Bonchev–Trinajstić information content (AvgIpc) is 2.81. The molecule has 0 atom stereocenters. The van der Waals surface area contributed by atoms with E-state index < -0.39 is 11.9 Å². The van der Waals surface area contributed by atoms with Crippen LogP contribution in [0.5, 0.6) is 0 Å². The van der Waals surface area contributed by atoms with Crippen molar-refractivity contribution in [2.75, 3.05) is 0 Å². The van der Waals surface area contributed by atoms with Crippen molar-refractivity contribution in [3.05, 3.63) is 105 Å². The number of carbonyl (C=O) groups is 2. The number of urea groups is 1. The van der Waals surface area contributed by atoms with Crippen molar-refractivity contribution in [3.8, 4) is 0 Å². The number of aromatic nitrogens is 2. The van der Waals surface area contributed by atoms with Crippen LogP contribution < -0.4 is 15.6 Å². The van der Waals surface area contributed by atoms with Gasteiger partial charge in [-0.1, -0.05) is 41.9 Å². The molecule has 4 rings (SSSR count). The van der Waals surface area contributed by atoms with E-state index in [0.29, 0.717) is 22.8 Å². The summed E-state index contributed by atoms with van der Waals surface area (Å²) in [7, 11) is 0. The Bertz CT molecular complexity index is 1400. The Labute approximate surface area is 198 Å². The van der Waals surface area contributed by atoms with Gasteiger partial charge in [-0.05, 0) is 66.9 Å². The molecule has 33 heavy (non-hydrogen) atoms. The Balaban J connectivity index is 1.42. The van der Waals surface area contributed by atoms with Crippen molar-refractivity contribution in [1.29, 1.82) is 0 Å². The van der Waals surface area contributed by atoms with Crippen LogP contribution in [-0.2, 0) is 6.54 Å². The summed E-state index contributed by atoms with van der Waals surface area (Å²) in [6, 6.07) is 20.5. The highest BCUT2D eigenvalue weighted by Crippen LogP contribution is 2.19. The van der Waals surface area contributed by atoms with Crippen LogP contribution in [0.2, 0.25) is 5.02 Å². The lowest BCUT2D eigenvalue weighted by Gasteiger charge is -2.11. The molecule has 3 amide bonds. The third kappa shape index (κ3) is 5.42. The molecule has 4 aromatic rings. The summed E-state index contributed by atoms with van der Waals surface area (Å²) in [5.74, 6) is -0.534. The van der Waals surface area contributed by atoms with Gasteiger partial charge in [0.15, 0.2) is 0 Å².